The Morgan fingerprint density at radius 3 is 2.59 bits per heavy atom. The molecule has 1 aliphatic heterocycles. The number of nitrogens with zero attached hydrogens (tertiary/aromatic N) is 1. The van der Waals surface area contributed by atoms with Crippen LogP contribution in [-0.2, 0) is 19.6 Å². The molecular formula is C18H27N3O5S. The van der Waals surface area contributed by atoms with Crippen molar-refractivity contribution in [3.8, 4) is 0 Å². The zero-order valence-corrected chi connectivity index (χ0v) is 16.3. The summed E-state index contributed by atoms with van der Waals surface area (Å²) in [5, 5.41) is 14.6. The lowest BCUT2D eigenvalue weighted by Crippen LogP contribution is -2.38. The van der Waals surface area contributed by atoms with Gasteiger partial charge < -0.3 is 15.7 Å². The third-order valence-corrected chi connectivity index (χ3v) is 6.33. The summed E-state index contributed by atoms with van der Waals surface area (Å²) in [5.74, 6) is -1.24. The molecule has 1 fully saturated rings. The van der Waals surface area contributed by atoms with Gasteiger partial charge in [-0.3, -0.25) is 9.59 Å². The molecule has 1 heterocycles. The standard InChI is InChI=1S/C18H27N3O5S/c1-2-6-16(18(23)24)19-10-9-17(22)20-14-7-5-8-15(13-14)27(25,26)21-11-3-4-12-21/h5,7-8,13,16,19H,2-4,6,9-12H2,1H3,(H,20,22)(H,23,24). The van der Waals surface area contributed by atoms with Crippen molar-refractivity contribution >= 4 is 27.6 Å². The first-order chi connectivity index (χ1) is 12.8. The van der Waals surface area contributed by atoms with Crippen molar-refractivity contribution < 1.29 is 23.1 Å². The molecule has 2 rings (SSSR count). The molecule has 0 spiro atoms. The van der Waals surface area contributed by atoms with E-state index in [1.54, 1.807) is 12.1 Å². The number of benzene rings is 1. The number of carbonyl (C=O) groups is 2. The van der Waals surface area contributed by atoms with Crippen molar-refractivity contribution in [2.75, 3.05) is 25.0 Å². The monoisotopic (exact) mass is 397 g/mol. The van der Waals surface area contributed by atoms with Crippen LogP contribution in [0.4, 0.5) is 5.69 Å². The Bertz CT molecular complexity index is 760. The number of carbonyl (C=O) groups excluding carboxylic acids is 1. The second-order valence-corrected chi connectivity index (χ2v) is 8.51. The lowest BCUT2D eigenvalue weighted by molar-refractivity contribution is -0.139. The minimum atomic E-state index is -3.54. The number of carboxylic acid groups (broad SMARTS) is 1. The number of hydrogen-bond donors (Lipinski definition) is 3. The highest BCUT2D eigenvalue weighted by Gasteiger charge is 2.27. The van der Waals surface area contributed by atoms with Gasteiger partial charge in [0, 0.05) is 31.7 Å². The highest BCUT2D eigenvalue weighted by molar-refractivity contribution is 7.89. The first kappa shape index (κ1) is 21.3. The number of rotatable bonds is 10. The van der Waals surface area contributed by atoms with E-state index < -0.39 is 22.0 Å². The number of amides is 1. The summed E-state index contributed by atoms with van der Waals surface area (Å²) < 4.78 is 26.6. The summed E-state index contributed by atoms with van der Waals surface area (Å²) in [6.07, 6.45) is 3.04. The normalized spacial score (nSPS) is 16.2. The maximum absolute atomic E-state index is 12.6. The van der Waals surface area contributed by atoms with Gasteiger partial charge in [-0.25, -0.2) is 8.42 Å². The molecule has 0 saturated carbocycles. The molecule has 0 aliphatic carbocycles. The fourth-order valence-electron chi connectivity index (χ4n) is 3.00. The predicted octanol–water partition coefficient (Wildman–Crippen LogP) is 1.64. The molecule has 27 heavy (non-hydrogen) atoms. The SMILES string of the molecule is CCCC(NCCC(=O)Nc1cccc(S(=O)(=O)N2CCCC2)c1)C(=O)O. The summed E-state index contributed by atoms with van der Waals surface area (Å²) >= 11 is 0. The van der Waals surface area contributed by atoms with Crippen LogP contribution in [0.25, 0.3) is 0 Å². The van der Waals surface area contributed by atoms with E-state index in [-0.39, 0.29) is 23.8 Å². The highest BCUT2D eigenvalue weighted by Crippen LogP contribution is 2.23. The number of anilines is 1. The van der Waals surface area contributed by atoms with Crippen LogP contribution in [0.1, 0.15) is 39.0 Å². The number of sulfonamides is 1. The quantitative estimate of drug-likeness (QED) is 0.553. The summed E-state index contributed by atoms with van der Waals surface area (Å²) in [6, 6.07) is 5.53. The first-order valence-corrected chi connectivity index (χ1v) is 10.6. The smallest absolute Gasteiger partial charge is 0.320 e. The lowest BCUT2D eigenvalue weighted by atomic mass is 10.1. The van der Waals surface area contributed by atoms with Crippen LogP contribution in [-0.4, -0.2) is 55.4 Å². The predicted molar refractivity (Wildman–Crippen MR) is 102 cm³/mol. The van der Waals surface area contributed by atoms with E-state index in [0.29, 0.717) is 25.2 Å². The van der Waals surface area contributed by atoms with Crippen molar-refractivity contribution in [3.63, 3.8) is 0 Å². The van der Waals surface area contributed by atoms with Gasteiger partial charge in [0.05, 0.1) is 4.90 Å². The third-order valence-electron chi connectivity index (χ3n) is 4.44. The lowest BCUT2D eigenvalue weighted by Gasteiger charge is -2.16. The Morgan fingerprint density at radius 2 is 1.96 bits per heavy atom. The number of nitrogens with one attached hydrogen (secondary N) is 2. The van der Waals surface area contributed by atoms with Crippen molar-refractivity contribution in [1.29, 1.82) is 0 Å². The van der Waals surface area contributed by atoms with Crippen LogP contribution in [0.2, 0.25) is 0 Å². The maximum Gasteiger partial charge on any atom is 0.320 e. The molecule has 0 radical (unpaired) electrons. The molecule has 1 atom stereocenters. The van der Waals surface area contributed by atoms with Gasteiger partial charge >= 0.3 is 5.97 Å². The minimum Gasteiger partial charge on any atom is -0.480 e. The van der Waals surface area contributed by atoms with Crippen molar-refractivity contribution in [2.45, 2.75) is 50.0 Å². The summed E-state index contributed by atoms with van der Waals surface area (Å²) in [5.41, 5.74) is 0.406. The van der Waals surface area contributed by atoms with E-state index in [1.165, 1.54) is 16.4 Å². The zero-order valence-electron chi connectivity index (χ0n) is 15.5. The van der Waals surface area contributed by atoms with Gasteiger partial charge in [0.25, 0.3) is 0 Å². The van der Waals surface area contributed by atoms with Gasteiger partial charge in [-0.2, -0.15) is 4.31 Å². The average molecular weight is 397 g/mol. The van der Waals surface area contributed by atoms with Gasteiger partial charge in [0.2, 0.25) is 15.9 Å². The van der Waals surface area contributed by atoms with Gasteiger partial charge in [-0.1, -0.05) is 19.4 Å². The third kappa shape index (κ3) is 6.02. The minimum absolute atomic E-state index is 0.0938. The number of aliphatic carboxylic acids is 1. The summed E-state index contributed by atoms with van der Waals surface area (Å²) in [4.78, 5) is 23.3. The molecule has 1 unspecified atom stereocenters. The Kier molecular flexibility index (Phi) is 7.76. The molecule has 1 aromatic carbocycles. The van der Waals surface area contributed by atoms with Crippen molar-refractivity contribution in [1.82, 2.24) is 9.62 Å². The van der Waals surface area contributed by atoms with Crippen molar-refractivity contribution in [3.05, 3.63) is 24.3 Å². The molecule has 1 aliphatic rings. The van der Waals surface area contributed by atoms with E-state index >= 15 is 0 Å². The number of carboxylic acids is 1. The molecule has 1 saturated heterocycles. The second kappa shape index (κ2) is 9.82. The van der Waals surface area contributed by atoms with Gasteiger partial charge in [0.1, 0.15) is 6.04 Å². The molecule has 1 aromatic rings. The molecule has 0 aromatic heterocycles. The molecule has 0 bridgehead atoms. The van der Waals surface area contributed by atoms with Gasteiger partial charge in [-0.15, -0.1) is 0 Å². The van der Waals surface area contributed by atoms with E-state index in [2.05, 4.69) is 10.6 Å². The van der Waals surface area contributed by atoms with Crippen molar-refractivity contribution in [2.24, 2.45) is 0 Å². The first-order valence-electron chi connectivity index (χ1n) is 9.21. The Balaban J connectivity index is 1.91. The van der Waals surface area contributed by atoms with E-state index in [4.69, 9.17) is 5.11 Å². The molecule has 8 nitrogen and oxygen atoms in total. The van der Waals surface area contributed by atoms with Crippen LogP contribution < -0.4 is 10.6 Å². The topological polar surface area (TPSA) is 116 Å². The van der Waals surface area contributed by atoms with E-state index in [0.717, 1.165) is 19.3 Å². The number of hydrogen-bond acceptors (Lipinski definition) is 5. The van der Waals surface area contributed by atoms with Crippen LogP contribution >= 0.6 is 0 Å². The largest absolute Gasteiger partial charge is 0.480 e. The molecule has 3 N–H and O–H groups in total. The Morgan fingerprint density at radius 1 is 1.26 bits per heavy atom. The fraction of sp³-hybridized carbons (Fsp3) is 0.556. The Hall–Kier alpha value is -1.97. The van der Waals surface area contributed by atoms with Gasteiger partial charge in [0.15, 0.2) is 0 Å². The Labute approximate surface area is 160 Å². The van der Waals surface area contributed by atoms with E-state index in [1.807, 2.05) is 6.92 Å². The van der Waals surface area contributed by atoms with Crippen LogP contribution in [0.5, 0.6) is 0 Å². The van der Waals surface area contributed by atoms with Crippen LogP contribution in [0, 0.1) is 0 Å². The average Bonchev–Trinajstić information content (AvgIpc) is 3.16. The summed E-state index contributed by atoms with van der Waals surface area (Å²) in [6.45, 7) is 3.17. The molecule has 1 amide bonds. The van der Waals surface area contributed by atoms with Crippen LogP contribution in [0.15, 0.2) is 29.2 Å². The molecule has 150 valence electrons. The molecular weight excluding hydrogens is 370 g/mol. The maximum atomic E-state index is 12.6. The zero-order chi connectivity index (χ0) is 19.9. The summed E-state index contributed by atoms with van der Waals surface area (Å²) in [7, 11) is -3.54. The van der Waals surface area contributed by atoms with E-state index in [9.17, 15) is 18.0 Å². The van der Waals surface area contributed by atoms with Crippen LogP contribution in [0.3, 0.4) is 0 Å². The second-order valence-electron chi connectivity index (χ2n) is 6.57. The molecule has 9 heteroatoms. The fourth-order valence-corrected chi connectivity index (χ4v) is 4.56. The van der Waals surface area contributed by atoms with Gasteiger partial charge in [-0.05, 0) is 37.5 Å². The highest BCUT2D eigenvalue weighted by atomic mass is 32.2.